The standard InChI is InChI=1S/C16H34BSi2/c1-13-7-9-18(3,4)11-15(13)17-16-12-19(5,6)10-8-14(16)2/h13-16H,7-12H2,1-6H3/t13-,14+,15?,16?. The maximum Gasteiger partial charge on any atom is 0.117 e. The molecule has 0 aliphatic carbocycles. The Balaban J connectivity index is 1.98. The van der Waals surface area contributed by atoms with Gasteiger partial charge < -0.3 is 0 Å². The minimum atomic E-state index is -0.858. The van der Waals surface area contributed by atoms with E-state index in [0.29, 0.717) is 0 Å². The molecule has 0 amide bonds. The van der Waals surface area contributed by atoms with Crippen LogP contribution in [-0.4, -0.2) is 23.4 Å². The molecule has 0 spiro atoms. The third kappa shape index (κ3) is 4.23. The monoisotopic (exact) mass is 293 g/mol. The maximum atomic E-state index is 2.86. The maximum absolute atomic E-state index is 2.86. The van der Waals surface area contributed by atoms with Crippen LogP contribution in [0.1, 0.15) is 26.7 Å². The average Bonchev–Trinajstić information content (AvgIpc) is 2.28. The van der Waals surface area contributed by atoms with Crippen LogP contribution in [0.4, 0.5) is 0 Å². The Hall–Kier alpha value is 0.499. The lowest BCUT2D eigenvalue weighted by atomic mass is 9.49. The van der Waals surface area contributed by atoms with Crippen molar-refractivity contribution in [3.05, 3.63) is 0 Å². The minimum Gasteiger partial charge on any atom is -0.0694 e. The zero-order chi connectivity index (χ0) is 14.3. The third-order valence-corrected chi connectivity index (χ3v) is 12.5. The molecule has 1 radical (unpaired) electrons. The fourth-order valence-electron chi connectivity index (χ4n) is 4.38. The van der Waals surface area contributed by atoms with E-state index >= 15 is 0 Å². The quantitative estimate of drug-likeness (QED) is 0.567. The molecule has 0 N–H and O–H groups in total. The van der Waals surface area contributed by atoms with Crippen LogP contribution >= 0.6 is 0 Å². The first-order chi connectivity index (χ1) is 8.69. The van der Waals surface area contributed by atoms with Crippen molar-refractivity contribution >= 4 is 23.4 Å². The molecule has 2 saturated heterocycles. The molecule has 2 fully saturated rings. The fraction of sp³-hybridized carbons (Fsp3) is 1.00. The van der Waals surface area contributed by atoms with Gasteiger partial charge in [-0.3, -0.25) is 0 Å². The van der Waals surface area contributed by atoms with E-state index in [1.807, 2.05) is 0 Å². The van der Waals surface area contributed by atoms with E-state index in [1.165, 1.54) is 12.8 Å². The van der Waals surface area contributed by atoms with E-state index in [9.17, 15) is 0 Å². The molecule has 2 aliphatic heterocycles. The van der Waals surface area contributed by atoms with Crippen LogP contribution in [0.5, 0.6) is 0 Å². The molecule has 0 aromatic carbocycles. The lowest BCUT2D eigenvalue weighted by Crippen LogP contribution is -2.40. The van der Waals surface area contributed by atoms with Gasteiger partial charge in [0.1, 0.15) is 7.28 Å². The van der Waals surface area contributed by atoms with E-state index < -0.39 is 16.1 Å². The van der Waals surface area contributed by atoms with Crippen LogP contribution in [0.2, 0.25) is 62.0 Å². The lowest BCUT2D eigenvalue weighted by molar-refractivity contribution is 0.474. The van der Waals surface area contributed by atoms with Gasteiger partial charge in [0.05, 0.1) is 0 Å². The lowest BCUT2D eigenvalue weighted by Gasteiger charge is -2.44. The van der Waals surface area contributed by atoms with E-state index in [-0.39, 0.29) is 0 Å². The second-order valence-corrected chi connectivity index (χ2v) is 19.8. The summed E-state index contributed by atoms with van der Waals surface area (Å²) in [5, 5.41) is 0. The highest BCUT2D eigenvalue weighted by Gasteiger charge is 2.39. The summed E-state index contributed by atoms with van der Waals surface area (Å²) in [4.78, 5) is 0. The van der Waals surface area contributed by atoms with Crippen LogP contribution in [0.25, 0.3) is 0 Å². The minimum absolute atomic E-state index is 0.858. The number of rotatable bonds is 2. The smallest absolute Gasteiger partial charge is 0.0694 e. The summed E-state index contributed by atoms with van der Waals surface area (Å²) in [6.07, 6.45) is 3.00. The first-order valence-electron chi connectivity index (χ1n) is 8.54. The second-order valence-electron chi connectivity index (χ2n) is 9.29. The van der Waals surface area contributed by atoms with Gasteiger partial charge in [-0.05, 0) is 11.8 Å². The summed E-state index contributed by atoms with van der Waals surface area (Å²) < 4.78 is 0. The molecule has 4 atom stereocenters. The molecule has 2 heterocycles. The van der Waals surface area contributed by atoms with Crippen molar-refractivity contribution in [2.75, 3.05) is 0 Å². The van der Waals surface area contributed by atoms with Gasteiger partial charge in [0.2, 0.25) is 0 Å². The van der Waals surface area contributed by atoms with Gasteiger partial charge in [0.15, 0.2) is 0 Å². The molecule has 0 nitrogen and oxygen atoms in total. The Morgan fingerprint density at radius 3 is 1.47 bits per heavy atom. The Morgan fingerprint density at radius 1 is 0.737 bits per heavy atom. The second kappa shape index (κ2) is 5.71. The number of hydrogen-bond acceptors (Lipinski definition) is 0. The van der Waals surface area contributed by atoms with Crippen molar-refractivity contribution in [1.82, 2.24) is 0 Å². The van der Waals surface area contributed by atoms with Crippen molar-refractivity contribution in [2.24, 2.45) is 11.8 Å². The van der Waals surface area contributed by atoms with Gasteiger partial charge in [-0.25, -0.2) is 0 Å². The van der Waals surface area contributed by atoms with Crippen LogP contribution < -0.4 is 0 Å². The summed E-state index contributed by atoms with van der Waals surface area (Å²) in [7, 11) is 1.14. The molecule has 19 heavy (non-hydrogen) atoms. The highest BCUT2D eigenvalue weighted by atomic mass is 28.3. The summed E-state index contributed by atoms with van der Waals surface area (Å²) in [5.41, 5.74) is 0. The first-order valence-corrected chi connectivity index (χ1v) is 15.4. The summed E-state index contributed by atoms with van der Waals surface area (Å²) >= 11 is 0. The highest BCUT2D eigenvalue weighted by Crippen LogP contribution is 2.47. The number of hydrogen-bond donors (Lipinski definition) is 0. The van der Waals surface area contributed by atoms with E-state index in [4.69, 9.17) is 0 Å². The van der Waals surface area contributed by atoms with Gasteiger partial charge in [-0.1, -0.05) is 88.7 Å². The molecule has 0 aromatic heterocycles. The SMILES string of the molecule is C[C@@H]1CC[Si](C)(C)CC1[B]C1C[Si](C)(C)CC[C@@H]1C. The molecule has 2 aliphatic rings. The van der Waals surface area contributed by atoms with Gasteiger partial charge in [-0.15, -0.1) is 0 Å². The predicted octanol–water partition coefficient (Wildman–Crippen LogP) is 5.76. The van der Waals surface area contributed by atoms with Gasteiger partial charge in [0, 0.05) is 16.1 Å². The molecule has 109 valence electrons. The van der Waals surface area contributed by atoms with Crippen LogP contribution in [0, 0.1) is 11.8 Å². The van der Waals surface area contributed by atoms with Gasteiger partial charge >= 0.3 is 0 Å². The Labute approximate surface area is 124 Å². The average molecular weight is 293 g/mol. The Kier molecular flexibility index (Phi) is 4.77. The molecule has 2 unspecified atom stereocenters. The van der Waals surface area contributed by atoms with Gasteiger partial charge in [0.25, 0.3) is 0 Å². The molecule has 0 aromatic rings. The predicted molar refractivity (Wildman–Crippen MR) is 95.0 cm³/mol. The van der Waals surface area contributed by atoms with Crippen LogP contribution in [0.15, 0.2) is 0 Å². The molecule has 2 rings (SSSR count). The fourth-order valence-corrected chi connectivity index (χ4v) is 10.9. The van der Waals surface area contributed by atoms with Crippen molar-refractivity contribution < 1.29 is 0 Å². The molecular formula is C16H34BSi2. The van der Waals surface area contributed by atoms with Crippen LogP contribution in [-0.2, 0) is 0 Å². The van der Waals surface area contributed by atoms with E-state index in [1.54, 1.807) is 24.2 Å². The molecular weight excluding hydrogens is 259 g/mol. The highest BCUT2D eigenvalue weighted by molar-refractivity contribution is 6.79. The summed E-state index contributed by atoms with van der Waals surface area (Å²) in [6.45, 7) is 15.5. The van der Waals surface area contributed by atoms with Crippen molar-refractivity contribution in [1.29, 1.82) is 0 Å². The molecule has 0 bridgehead atoms. The van der Waals surface area contributed by atoms with E-state index in [0.717, 1.165) is 23.5 Å². The topological polar surface area (TPSA) is 0 Å². The van der Waals surface area contributed by atoms with Crippen LogP contribution in [0.3, 0.4) is 0 Å². The Bertz CT molecular complexity index is 284. The normalized spacial score (nSPS) is 41.8. The zero-order valence-corrected chi connectivity index (χ0v) is 16.1. The Morgan fingerprint density at radius 2 is 1.11 bits per heavy atom. The van der Waals surface area contributed by atoms with E-state index in [2.05, 4.69) is 47.3 Å². The van der Waals surface area contributed by atoms with Crippen molar-refractivity contribution in [2.45, 2.75) is 88.7 Å². The largest absolute Gasteiger partial charge is 0.117 e. The van der Waals surface area contributed by atoms with Crippen molar-refractivity contribution in [3.8, 4) is 0 Å². The first kappa shape index (κ1) is 15.9. The van der Waals surface area contributed by atoms with Crippen molar-refractivity contribution in [3.63, 3.8) is 0 Å². The zero-order valence-electron chi connectivity index (χ0n) is 14.1. The molecule has 0 saturated carbocycles. The summed E-state index contributed by atoms with van der Waals surface area (Å²) in [6, 6.07) is 6.27. The summed E-state index contributed by atoms with van der Waals surface area (Å²) in [5.74, 6) is 3.82. The van der Waals surface area contributed by atoms with Gasteiger partial charge in [-0.2, -0.15) is 0 Å². The third-order valence-electron chi connectivity index (χ3n) is 6.09. The molecule has 3 heteroatoms.